The molecule has 1 aromatic heterocycles. The molecule has 0 bridgehead atoms. The second-order valence-electron chi connectivity index (χ2n) is 3.79. The molecule has 1 unspecified atom stereocenters. The van der Waals surface area contributed by atoms with Gasteiger partial charge in [-0.2, -0.15) is 4.98 Å². The molecule has 0 radical (unpaired) electrons. The van der Waals surface area contributed by atoms with E-state index in [2.05, 4.69) is 4.98 Å². The van der Waals surface area contributed by atoms with Crippen LogP contribution in [0.25, 0.3) is 15.1 Å². The van der Waals surface area contributed by atoms with Gasteiger partial charge in [0.1, 0.15) is 5.52 Å². The molecule has 5 heteroatoms. The van der Waals surface area contributed by atoms with E-state index in [1.807, 2.05) is 35.8 Å². The molecule has 0 aliphatic rings. The summed E-state index contributed by atoms with van der Waals surface area (Å²) in [5.74, 6) is 0. The van der Waals surface area contributed by atoms with Crippen LogP contribution in [0.1, 0.15) is 0 Å². The summed E-state index contributed by atoms with van der Waals surface area (Å²) in [5.41, 5.74) is 2.66. The predicted octanol–water partition coefficient (Wildman–Crippen LogP) is 3.88. The third kappa shape index (κ3) is 1.74. The van der Waals surface area contributed by atoms with Crippen molar-refractivity contribution in [2.45, 2.75) is 0 Å². The molecular formula is C13H9N2O2S+. The fraction of sp³-hybridized carbons (Fsp3) is 0. The zero-order valence-electron chi connectivity index (χ0n) is 9.32. The second-order valence-corrected chi connectivity index (χ2v) is 5.59. The third-order valence-corrected chi connectivity index (χ3v) is 4.60. The summed E-state index contributed by atoms with van der Waals surface area (Å²) in [4.78, 5) is 15.8. The van der Waals surface area contributed by atoms with Gasteiger partial charge in [0.15, 0.2) is 4.90 Å². The predicted molar refractivity (Wildman–Crippen MR) is 72.2 cm³/mol. The number of aromatic nitrogens is 1. The largest absolute Gasteiger partial charge is 0.272 e. The lowest BCUT2D eigenvalue weighted by Gasteiger charge is -1.90. The lowest BCUT2D eigenvalue weighted by atomic mass is 10.3. The Morgan fingerprint density at radius 1 is 1.11 bits per heavy atom. The molecule has 18 heavy (non-hydrogen) atoms. The van der Waals surface area contributed by atoms with Gasteiger partial charge in [0.25, 0.3) is 5.69 Å². The normalized spacial score (nSPS) is 11.7. The Bertz CT molecular complexity index is 722. The van der Waals surface area contributed by atoms with Crippen LogP contribution in [-0.2, 0) is 0 Å². The summed E-state index contributed by atoms with van der Waals surface area (Å²) in [6, 6.07) is 14.9. The maximum Gasteiger partial charge on any atom is 0.272 e. The van der Waals surface area contributed by atoms with Crippen molar-refractivity contribution in [2.75, 3.05) is 0 Å². The van der Waals surface area contributed by atoms with E-state index in [9.17, 15) is 10.1 Å². The van der Waals surface area contributed by atoms with Crippen molar-refractivity contribution in [2.24, 2.45) is 0 Å². The van der Waals surface area contributed by atoms with Crippen molar-refractivity contribution in [3.63, 3.8) is 0 Å². The van der Waals surface area contributed by atoms with Crippen LogP contribution in [-0.4, -0.2) is 9.91 Å². The highest BCUT2D eigenvalue weighted by molar-refractivity contribution is 7.43. The lowest BCUT2D eigenvalue weighted by molar-refractivity contribution is -0.384. The highest BCUT2D eigenvalue weighted by Gasteiger charge is 2.19. The molecule has 0 N–H and O–H groups in total. The number of hydrogen-bond acceptors (Lipinski definition) is 3. The molecule has 0 fully saturated rings. The average Bonchev–Trinajstić information content (AvgIpc) is 2.82. The van der Waals surface area contributed by atoms with Gasteiger partial charge in [0.2, 0.25) is 10.2 Å². The second kappa shape index (κ2) is 4.19. The molecule has 0 spiro atoms. The summed E-state index contributed by atoms with van der Waals surface area (Å²) in [7, 11) is -0.201. The number of nitro benzene ring substituents is 1. The van der Waals surface area contributed by atoms with E-state index in [0.717, 1.165) is 4.70 Å². The summed E-state index contributed by atoms with van der Waals surface area (Å²) in [6.45, 7) is 0. The van der Waals surface area contributed by atoms with Gasteiger partial charge < -0.3 is 0 Å². The number of benzene rings is 2. The van der Waals surface area contributed by atoms with Gasteiger partial charge in [0.05, 0.1) is 4.92 Å². The maximum atomic E-state index is 10.7. The van der Waals surface area contributed by atoms with Crippen molar-refractivity contribution < 1.29 is 4.92 Å². The van der Waals surface area contributed by atoms with Gasteiger partial charge >= 0.3 is 0 Å². The van der Waals surface area contributed by atoms with E-state index in [0.29, 0.717) is 5.52 Å². The topological polar surface area (TPSA) is 56.0 Å². The lowest BCUT2D eigenvalue weighted by Crippen LogP contribution is -1.86. The van der Waals surface area contributed by atoms with Crippen molar-refractivity contribution in [1.82, 2.24) is 4.98 Å². The van der Waals surface area contributed by atoms with Crippen LogP contribution in [0.4, 0.5) is 5.69 Å². The van der Waals surface area contributed by atoms with Gasteiger partial charge in [-0.25, -0.2) is 0 Å². The van der Waals surface area contributed by atoms with Gasteiger partial charge in [-0.3, -0.25) is 10.1 Å². The molecule has 4 nitrogen and oxygen atoms in total. The highest BCUT2D eigenvalue weighted by atomic mass is 32.2. The molecule has 0 amide bonds. The summed E-state index contributed by atoms with van der Waals surface area (Å²) >= 11 is 0. The van der Waals surface area contributed by atoms with Crippen molar-refractivity contribution in [1.29, 1.82) is 0 Å². The minimum absolute atomic E-state index is 0.0874. The first-order valence-corrected chi connectivity index (χ1v) is 6.65. The fourth-order valence-corrected chi connectivity index (χ4v) is 3.54. The van der Waals surface area contributed by atoms with Crippen LogP contribution < -0.4 is 0 Å². The molecule has 1 atom stereocenters. The zero-order valence-corrected chi connectivity index (χ0v) is 10.1. The van der Waals surface area contributed by atoms with Crippen LogP contribution in [0.2, 0.25) is 0 Å². The van der Waals surface area contributed by atoms with Gasteiger partial charge in [-0.1, -0.05) is 18.2 Å². The Balaban J connectivity index is 2.19. The molecule has 3 rings (SSSR count). The molecule has 88 valence electrons. The molecule has 2 aromatic carbocycles. The molecular weight excluding hydrogens is 248 g/mol. The van der Waals surface area contributed by atoms with E-state index < -0.39 is 4.92 Å². The Hall–Kier alpha value is -2.27. The van der Waals surface area contributed by atoms with E-state index in [1.165, 1.54) is 17.0 Å². The number of nitrogens with zero attached hydrogens (tertiary/aromatic N) is 2. The summed E-state index contributed by atoms with van der Waals surface area (Å²) in [5, 5.41) is 10.7. The fourth-order valence-electron chi connectivity index (χ4n) is 1.83. The smallest absolute Gasteiger partial charge is 0.258 e. The van der Waals surface area contributed by atoms with E-state index in [4.69, 9.17) is 0 Å². The Kier molecular flexibility index (Phi) is 2.53. The van der Waals surface area contributed by atoms with Crippen molar-refractivity contribution >= 4 is 26.4 Å². The average molecular weight is 257 g/mol. The molecule has 0 saturated carbocycles. The first-order valence-electron chi connectivity index (χ1n) is 5.36. The van der Waals surface area contributed by atoms with Crippen molar-refractivity contribution in [3.05, 3.63) is 64.2 Å². The number of thiazole rings is 1. The van der Waals surface area contributed by atoms with Gasteiger partial charge in [-0.15, -0.1) is 0 Å². The first-order chi connectivity index (χ1) is 8.75. The van der Waals surface area contributed by atoms with Crippen LogP contribution in [0.15, 0.2) is 54.0 Å². The maximum absolute atomic E-state index is 10.7. The number of nitro groups is 1. The SMILES string of the molecule is O=[N+]([O-])c1ccc2c(c1)nc[s+]2-c1ccccc1. The standard InChI is InChI=1S/C13H9N2O2S/c16-15(17)10-6-7-13-12(8-10)14-9-18(13)11-4-2-1-3-5-11/h1-9H/q+1. The Labute approximate surface area is 106 Å². The Morgan fingerprint density at radius 3 is 2.61 bits per heavy atom. The molecule has 0 aliphatic heterocycles. The third-order valence-electron chi connectivity index (χ3n) is 2.68. The van der Waals surface area contributed by atoms with Crippen LogP contribution in [0.5, 0.6) is 0 Å². The van der Waals surface area contributed by atoms with Gasteiger partial charge in [0, 0.05) is 28.7 Å². The molecule has 0 saturated heterocycles. The minimum atomic E-state index is -0.394. The highest BCUT2D eigenvalue weighted by Crippen LogP contribution is 2.38. The molecule has 1 heterocycles. The molecule has 0 aliphatic carbocycles. The van der Waals surface area contributed by atoms with E-state index in [1.54, 1.807) is 6.07 Å². The first kappa shape index (κ1) is 10.9. The number of fused-ring (bicyclic) bond motifs is 1. The summed E-state index contributed by atoms with van der Waals surface area (Å²) in [6.07, 6.45) is 0. The van der Waals surface area contributed by atoms with Crippen LogP contribution >= 0.6 is 10.5 Å². The Morgan fingerprint density at radius 2 is 1.89 bits per heavy atom. The van der Waals surface area contributed by atoms with Crippen LogP contribution in [0.3, 0.4) is 0 Å². The summed E-state index contributed by atoms with van der Waals surface area (Å²) < 4.78 is 1.05. The van der Waals surface area contributed by atoms with Gasteiger partial charge in [-0.05, 0) is 12.1 Å². The quantitative estimate of drug-likeness (QED) is 0.397. The van der Waals surface area contributed by atoms with Crippen molar-refractivity contribution in [3.8, 4) is 4.90 Å². The monoisotopic (exact) mass is 257 g/mol. The van der Waals surface area contributed by atoms with E-state index in [-0.39, 0.29) is 16.2 Å². The number of non-ortho nitro benzene ring substituents is 1. The number of hydrogen-bond donors (Lipinski definition) is 0. The number of rotatable bonds is 2. The zero-order chi connectivity index (χ0) is 12.5. The molecule has 3 aromatic rings. The van der Waals surface area contributed by atoms with Crippen LogP contribution in [0, 0.1) is 10.1 Å². The minimum Gasteiger partial charge on any atom is -0.258 e. The van der Waals surface area contributed by atoms with E-state index >= 15 is 0 Å².